The summed E-state index contributed by atoms with van der Waals surface area (Å²) in [5.41, 5.74) is 0. The van der Waals surface area contributed by atoms with Crippen LogP contribution < -0.4 is 0 Å². The highest BCUT2D eigenvalue weighted by atomic mass is 33.1. The van der Waals surface area contributed by atoms with E-state index in [2.05, 4.69) is 9.80 Å². The summed E-state index contributed by atoms with van der Waals surface area (Å²) >= 11 is 31.8. The number of nitrogens with zero attached hydrogens (tertiary/aromatic N) is 6. The van der Waals surface area contributed by atoms with E-state index in [9.17, 15) is 19.2 Å². The fourth-order valence-electron chi connectivity index (χ4n) is 6.48. The van der Waals surface area contributed by atoms with Crippen molar-refractivity contribution in [3.8, 4) is 0 Å². The third-order valence-corrected chi connectivity index (χ3v) is 29.5. The van der Waals surface area contributed by atoms with Crippen molar-refractivity contribution in [2.75, 3.05) is 166 Å². The first kappa shape index (κ1) is 87.2. The number of aliphatic hydroxyl groups excluding tert-OH is 4. The molecule has 2 rings (SSSR count). The Balaban J connectivity index is 0.00000127. The van der Waals surface area contributed by atoms with Crippen LogP contribution in [0.15, 0.2) is 0 Å². The molecule has 0 amide bonds. The average molecular weight is 1550 g/mol. The number of carboxylic acid groups (broad SMARTS) is 4. The van der Waals surface area contributed by atoms with Crippen molar-refractivity contribution >= 4 is 253 Å². The first-order valence-electron chi connectivity index (χ1n) is 27.4. The number of unbranched alkanes of at least 4 members (excludes halogenated alkanes) is 9. The molecule has 2 aliphatic heterocycles. The zero-order valence-corrected chi connectivity index (χ0v) is 62.6. The van der Waals surface area contributed by atoms with E-state index in [-0.39, 0.29) is 35.1 Å². The van der Waals surface area contributed by atoms with Crippen LogP contribution in [0.1, 0.15) is 77.0 Å². The van der Waals surface area contributed by atoms with Crippen LogP contribution in [0.2, 0.25) is 0 Å². The second kappa shape index (κ2) is 61.1. The lowest BCUT2D eigenvalue weighted by molar-refractivity contribution is -0.141. The maximum atomic E-state index is 10.8. The van der Waals surface area contributed by atoms with E-state index in [0.29, 0.717) is 34.8 Å². The number of carbonyl (C=O) groups is 4. The molecule has 0 bridgehead atoms. The largest absolute Gasteiger partial charge is 0.480 e. The standard InChI is InChI=1S/C16H24N2O8S6.C16H32N2O4S6.C16H28N2O2S6/c19-11(20)7-17(8-12(21)22)15(27)31-29-5-3-1-2-4-6-30-32-16(28)18(9-13(23)24)10-14(25)26;19-9-5-17(6-10-20)15(23)27-25-13-3-1-2-4-14-26-28-16(24)18(7-11-21)8-12-22;21-15(17-5-9-19-10-6-17)25-23-13-3-1-2-4-14-24-26-16(22)18-7-11-20-12-8-18/h1-10H2,(H,19,20)(H,21,22)(H,23,24)(H,25,26);19-22H,1-14H2;1-14H2. The van der Waals surface area contributed by atoms with Gasteiger partial charge in [0.2, 0.25) is 0 Å². The van der Waals surface area contributed by atoms with Gasteiger partial charge in [-0.15, -0.1) is 0 Å². The molecule has 2 heterocycles. The Bertz CT molecular complexity index is 1740. The van der Waals surface area contributed by atoms with Crippen LogP contribution in [0.4, 0.5) is 0 Å². The minimum Gasteiger partial charge on any atom is -0.480 e. The quantitative estimate of drug-likeness (QED) is 0.0160. The van der Waals surface area contributed by atoms with Crippen molar-refractivity contribution in [3.05, 3.63) is 0 Å². The number of morpholine rings is 2. The third kappa shape index (κ3) is 51.6. The Morgan fingerprint density at radius 3 is 0.756 bits per heavy atom. The van der Waals surface area contributed by atoms with Crippen molar-refractivity contribution in [2.24, 2.45) is 0 Å². The van der Waals surface area contributed by atoms with Gasteiger partial charge in [-0.05, 0) is 103 Å². The number of rotatable bonds is 43. The van der Waals surface area contributed by atoms with Crippen LogP contribution in [0.3, 0.4) is 0 Å². The monoisotopic (exact) mass is 1540 g/mol. The molecule has 2 aliphatic rings. The first-order chi connectivity index (χ1) is 41.4. The van der Waals surface area contributed by atoms with Gasteiger partial charge in [-0.25, -0.2) is 0 Å². The Kier molecular flexibility index (Phi) is 61.9. The van der Waals surface area contributed by atoms with Crippen LogP contribution in [0.5, 0.6) is 0 Å². The number of hydrogen-bond acceptors (Lipinski definition) is 28. The molecule has 0 aromatic rings. The smallest absolute Gasteiger partial charge is 0.323 e. The van der Waals surface area contributed by atoms with E-state index in [4.69, 9.17) is 124 Å². The molecular formula is C48H84N6O14S18. The number of carboxylic acids is 4. The van der Waals surface area contributed by atoms with Crippen LogP contribution in [-0.4, -0.2) is 286 Å². The molecule has 0 aliphatic carbocycles. The van der Waals surface area contributed by atoms with Crippen LogP contribution in [0.25, 0.3) is 0 Å². The molecule has 0 aromatic heterocycles. The molecule has 0 spiro atoms. The maximum absolute atomic E-state index is 10.8. The van der Waals surface area contributed by atoms with Gasteiger partial charge in [-0.1, -0.05) is 177 Å². The SMILES string of the molecule is O=C(O)CN(CC(=O)O)C(=S)SSCCCCCCSSC(=S)N(CC(=O)O)CC(=O)O.OCCN(CCO)C(=S)SSCCCCCCSSC(=S)N(CCO)CCO.S=C(SSCCCCCCSSC(=S)N1CCOCC1)N1CCOCC1. The Labute approximate surface area is 588 Å². The molecule has 0 aromatic carbocycles. The summed E-state index contributed by atoms with van der Waals surface area (Å²) in [6.45, 7) is 7.15. The molecule has 8 N–H and O–H groups in total. The minimum absolute atomic E-state index is 0.0350. The van der Waals surface area contributed by atoms with Crippen molar-refractivity contribution in [1.29, 1.82) is 0 Å². The summed E-state index contributed by atoms with van der Waals surface area (Å²) in [6, 6.07) is 0. The van der Waals surface area contributed by atoms with Gasteiger partial charge in [0.25, 0.3) is 0 Å². The summed E-state index contributed by atoms with van der Waals surface area (Å²) in [5.74, 6) is 1.39. The summed E-state index contributed by atoms with van der Waals surface area (Å²) in [7, 11) is 19.1. The van der Waals surface area contributed by atoms with Gasteiger partial charge in [0.1, 0.15) is 52.1 Å². The first-order valence-corrected chi connectivity index (χ1v) is 43.7. The predicted molar refractivity (Wildman–Crippen MR) is 401 cm³/mol. The lowest BCUT2D eigenvalue weighted by atomic mass is 10.2. The highest BCUT2D eigenvalue weighted by Gasteiger charge is 2.20. The Morgan fingerprint density at radius 2 is 0.547 bits per heavy atom. The summed E-state index contributed by atoms with van der Waals surface area (Å²) in [5, 5.41) is 71.4. The molecule has 0 saturated carbocycles. The summed E-state index contributed by atoms with van der Waals surface area (Å²) in [4.78, 5) is 53.6. The second-order valence-electron chi connectivity index (χ2n) is 17.6. The van der Waals surface area contributed by atoms with E-state index in [0.717, 1.165) is 133 Å². The van der Waals surface area contributed by atoms with E-state index in [1.165, 1.54) is 115 Å². The van der Waals surface area contributed by atoms with Gasteiger partial charge < -0.3 is 79.7 Å². The summed E-state index contributed by atoms with van der Waals surface area (Å²) < 4.78 is 14.6. The lowest BCUT2D eigenvalue weighted by Gasteiger charge is -2.28. The molecule has 0 radical (unpaired) electrons. The Hall–Kier alpha value is 1.18. The van der Waals surface area contributed by atoms with E-state index in [1.54, 1.807) is 43.2 Å². The minimum atomic E-state index is -1.15. The zero-order valence-electron chi connectivity index (χ0n) is 47.9. The molecular weight excluding hydrogens is 1460 g/mol. The van der Waals surface area contributed by atoms with E-state index in [1.807, 2.05) is 31.4 Å². The van der Waals surface area contributed by atoms with Gasteiger partial charge in [-0.2, -0.15) is 0 Å². The van der Waals surface area contributed by atoms with Crippen molar-refractivity contribution < 1.29 is 69.5 Å². The number of aliphatic carboxylic acids is 4. The lowest BCUT2D eigenvalue weighted by Crippen LogP contribution is -2.38. The van der Waals surface area contributed by atoms with E-state index >= 15 is 0 Å². The van der Waals surface area contributed by atoms with Crippen molar-refractivity contribution in [3.63, 3.8) is 0 Å². The third-order valence-electron chi connectivity index (χ3n) is 10.8. The highest BCUT2D eigenvalue weighted by molar-refractivity contribution is 8.85. The maximum Gasteiger partial charge on any atom is 0.323 e. The number of hydrogen-bond donors (Lipinski definition) is 8. The van der Waals surface area contributed by atoms with Crippen molar-refractivity contribution in [2.45, 2.75) is 77.0 Å². The van der Waals surface area contributed by atoms with Crippen LogP contribution >= 0.6 is 203 Å². The van der Waals surface area contributed by atoms with Gasteiger partial charge in [0.15, 0.2) is 0 Å². The Morgan fingerprint density at radius 1 is 0.337 bits per heavy atom. The van der Waals surface area contributed by atoms with E-state index < -0.39 is 50.1 Å². The molecule has 0 unspecified atom stereocenters. The van der Waals surface area contributed by atoms with Crippen LogP contribution in [0, 0.1) is 0 Å². The van der Waals surface area contributed by atoms with Gasteiger partial charge in [-0.3, -0.25) is 19.2 Å². The molecule has 20 nitrogen and oxygen atoms in total. The molecule has 38 heteroatoms. The average Bonchev–Trinajstić information content (AvgIpc) is 3.62. The highest BCUT2D eigenvalue weighted by Crippen LogP contribution is 2.32. The van der Waals surface area contributed by atoms with Gasteiger partial charge in [0, 0.05) is 86.9 Å². The zero-order chi connectivity index (χ0) is 64.0. The number of ether oxygens (including phenoxy) is 2. The fraction of sp³-hybridized carbons (Fsp3) is 0.792. The van der Waals surface area contributed by atoms with Crippen molar-refractivity contribution in [1.82, 2.24) is 29.4 Å². The second-order valence-corrected chi connectivity index (χ2v) is 35.9. The number of aliphatic hydroxyl groups is 4. The number of thiocarbonyl (C=S) groups is 6. The topological polar surface area (TPSA) is 268 Å². The molecule has 0 atom stereocenters. The van der Waals surface area contributed by atoms with Crippen LogP contribution in [-0.2, 0) is 28.7 Å². The molecule has 498 valence electrons. The normalized spacial score (nSPS) is 12.9. The fourth-order valence-corrected chi connectivity index (χ4v) is 22.1. The van der Waals surface area contributed by atoms with Gasteiger partial charge in [0.05, 0.1) is 52.9 Å². The predicted octanol–water partition coefficient (Wildman–Crippen LogP) is 9.82. The van der Waals surface area contributed by atoms with Gasteiger partial charge >= 0.3 is 23.9 Å². The molecule has 2 saturated heterocycles. The molecule has 2 fully saturated rings. The molecule has 86 heavy (non-hydrogen) atoms. The summed E-state index contributed by atoms with van der Waals surface area (Å²) in [6.07, 6.45) is 13.5.